The van der Waals surface area contributed by atoms with E-state index in [9.17, 15) is 14.4 Å². The quantitative estimate of drug-likeness (QED) is 0.760. The highest BCUT2D eigenvalue weighted by Crippen LogP contribution is 2.37. The van der Waals surface area contributed by atoms with Gasteiger partial charge in [-0.2, -0.15) is 0 Å². The Kier molecular flexibility index (Phi) is 7.89. The van der Waals surface area contributed by atoms with E-state index in [0.29, 0.717) is 58.5 Å². The highest BCUT2D eigenvalue weighted by molar-refractivity contribution is 5.84. The molecule has 0 radical (unpaired) electrons. The molecule has 3 heterocycles. The SMILES string of the molecule is O=C1CCCN1CCC(=O)N1CCC2(CCCCCc3ccccc3OCCNC2=O)CC1. The van der Waals surface area contributed by atoms with Crippen LogP contribution >= 0.6 is 0 Å². The van der Waals surface area contributed by atoms with E-state index in [1.165, 1.54) is 5.56 Å². The number of fused-ring (bicyclic) bond motifs is 1. The van der Waals surface area contributed by atoms with Gasteiger partial charge in [0.2, 0.25) is 17.7 Å². The standard InChI is InChI=1S/C26H37N3O4/c30-23-10-6-16-28(23)17-11-24(31)29-18-13-26(14-19-29)12-5-1-2-7-21-8-3-4-9-22(21)33-20-15-27-25(26)32/h3-4,8-9H,1-2,5-7,10-20H2,(H,27,32). The van der Waals surface area contributed by atoms with Gasteiger partial charge in [-0.15, -0.1) is 0 Å². The summed E-state index contributed by atoms with van der Waals surface area (Å²) >= 11 is 0. The minimum Gasteiger partial charge on any atom is -0.491 e. The molecule has 3 amide bonds. The molecule has 4 rings (SSSR count). The first-order valence-electron chi connectivity index (χ1n) is 12.6. The lowest BCUT2D eigenvalue weighted by molar-refractivity contribution is -0.141. The minimum atomic E-state index is -0.400. The maximum atomic E-state index is 13.2. The second kappa shape index (κ2) is 11.0. The summed E-state index contributed by atoms with van der Waals surface area (Å²) in [6, 6.07) is 8.17. The highest BCUT2D eigenvalue weighted by Gasteiger charge is 2.41. The number of hydrogen-bond acceptors (Lipinski definition) is 4. The zero-order chi connectivity index (χ0) is 23.1. The third-order valence-corrected chi connectivity index (χ3v) is 7.54. The van der Waals surface area contributed by atoms with Gasteiger partial charge in [-0.1, -0.05) is 31.0 Å². The summed E-state index contributed by atoms with van der Waals surface area (Å²) in [6.45, 7) is 3.46. The number of amides is 3. The van der Waals surface area contributed by atoms with Crippen molar-refractivity contribution in [3.05, 3.63) is 29.8 Å². The Morgan fingerprint density at radius 3 is 2.58 bits per heavy atom. The second-order valence-corrected chi connectivity index (χ2v) is 9.67. The number of carbonyl (C=O) groups is 3. The van der Waals surface area contributed by atoms with Crippen molar-refractivity contribution in [1.29, 1.82) is 0 Å². The van der Waals surface area contributed by atoms with Crippen LogP contribution in [0.5, 0.6) is 5.75 Å². The van der Waals surface area contributed by atoms with Gasteiger partial charge >= 0.3 is 0 Å². The van der Waals surface area contributed by atoms with Gasteiger partial charge in [0.1, 0.15) is 12.4 Å². The predicted molar refractivity (Wildman–Crippen MR) is 126 cm³/mol. The summed E-state index contributed by atoms with van der Waals surface area (Å²) in [5.74, 6) is 1.28. The van der Waals surface area contributed by atoms with Crippen LogP contribution in [0.15, 0.2) is 24.3 Å². The van der Waals surface area contributed by atoms with E-state index >= 15 is 0 Å². The van der Waals surface area contributed by atoms with Crippen molar-refractivity contribution in [2.45, 2.75) is 64.2 Å². The molecule has 0 atom stereocenters. The number of hydrogen-bond donors (Lipinski definition) is 1. The number of aryl methyl sites for hydroxylation is 1. The molecule has 1 aromatic carbocycles. The number of nitrogens with one attached hydrogen (secondary N) is 1. The van der Waals surface area contributed by atoms with E-state index < -0.39 is 5.41 Å². The molecular weight excluding hydrogens is 418 g/mol. The number of nitrogens with zero attached hydrogens (tertiary/aromatic N) is 2. The van der Waals surface area contributed by atoms with Gasteiger partial charge in [0, 0.05) is 39.0 Å². The Bertz CT molecular complexity index is 848. The Hall–Kier alpha value is -2.57. The molecule has 1 N–H and O–H groups in total. The van der Waals surface area contributed by atoms with Gasteiger partial charge in [0.05, 0.1) is 12.0 Å². The normalized spacial score (nSPS) is 21.9. The second-order valence-electron chi connectivity index (χ2n) is 9.67. The fraction of sp³-hybridized carbons (Fsp3) is 0.654. The van der Waals surface area contributed by atoms with Crippen molar-refractivity contribution in [3.63, 3.8) is 0 Å². The van der Waals surface area contributed by atoms with Crippen LogP contribution in [-0.4, -0.2) is 66.9 Å². The van der Waals surface area contributed by atoms with E-state index in [4.69, 9.17) is 4.74 Å². The maximum absolute atomic E-state index is 13.2. The molecule has 7 nitrogen and oxygen atoms in total. The summed E-state index contributed by atoms with van der Waals surface area (Å²) in [4.78, 5) is 41.5. The largest absolute Gasteiger partial charge is 0.491 e. The Balaban J connectivity index is 1.31. The molecule has 1 aromatic rings. The smallest absolute Gasteiger partial charge is 0.226 e. The third-order valence-electron chi connectivity index (χ3n) is 7.54. The average Bonchev–Trinajstić information content (AvgIpc) is 3.25. The van der Waals surface area contributed by atoms with Crippen LogP contribution in [-0.2, 0) is 20.8 Å². The van der Waals surface area contributed by atoms with Crippen LogP contribution in [0.3, 0.4) is 0 Å². The average molecular weight is 456 g/mol. The topological polar surface area (TPSA) is 79.0 Å². The van der Waals surface area contributed by atoms with E-state index in [2.05, 4.69) is 17.4 Å². The third kappa shape index (κ3) is 5.87. The van der Waals surface area contributed by atoms with Crippen LogP contribution in [0.25, 0.3) is 0 Å². The molecule has 1 spiro atoms. The lowest BCUT2D eigenvalue weighted by atomic mass is 9.73. The molecule has 0 bridgehead atoms. The van der Waals surface area contributed by atoms with Gasteiger partial charge < -0.3 is 19.9 Å². The van der Waals surface area contributed by atoms with Crippen molar-refractivity contribution < 1.29 is 19.1 Å². The van der Waals surface area contributed by atoms with Crippen LogP contribution in [0.1, 0.15) is 63.4 Å². The molecular formula is C26H37N3O4. The number of carbonyl (C=O) groups excluding carboxylic acids is 3. The lowest BCUT2D eigenvalue weighted by Gasteiger charge is -2.41. The van der Waals surface area contributed by atoms with Gasteiger partial charge in [-0.3, -0.25) is 14.4 Å². The van der Waals surface area contributed by atoms with E-state index in [0.717, 1.165) is 50.8 Å². The summed E-state index contributed by atoms with van der Waals surface area (Å²) in [5.41, 5.74) is 0.836. The molecule has 0 aromatic heterocycles. The van der Waals surface area contributed by atoms with Crippen LogP contribution < -0.4 is 10.1 Å². The van der Waals surface area contributed by atoms with Crippen molar-refractivity contribution >= 4 is 17.7 Å². The highest BCUT2D eigenvalue weighted by atomic mass is 16.5. The first-order valence-corrected chi connectivity index (χ1v) is 12.6. The van der Waals surface area contributed by atoms with Gasteiger partial charge in [0.25, 0.3) is 0 Å². The monoisotopic (exact) mass is 455 g/mol. The lowest BCUT2D eigenvalue weighted by Crippen LogP contribution is -2.51. The number of benzene rings is 1. The summed E-state index contributed by atoms with van der Waals surface area (Å²) in [7, 11) is 0. The maximum Gasteiger partial charge on any atom is 0.226 e. The van der Waals surface area contributed by atoms with Crippen molar-refractivity contribution in [2.24, 2.45) is 5.41 Å². The van der Waals surface area contributed by atoms with Crippen LogP contribution in [0.4, 0.5) is 0 Å². The van der Waals surface area contributed by atoms with Gasteiger partial charge in [-0.25, -0.2) is 0 Å². The number of likely N-dealkylation sites (tertiary alicyclic amines) is 2. The molecule has 33 heavy (non-hydrogen) atoms. The minimum absolute atomic E-state index is 0.0979. The van der Waals surface area contributed by atoms with Crippen LogP contribution in [0, 0.1) is 5.41 Å². The molecule has 3 aliphatic rings. The summed E-state index contributed by atoms with van der Waals surface area (Å²) in [5, 5.41) is 3.11. The van der Waals surface area contributed by atoms with Crippen molar-refractivity contribution in [1.82, 2.24) is 15.1 Å². The first kappa shape index (κ1) is 23.6. The fourth-order valence-corrected chi connectivity index (χ4v) is 5.42. The molecule has 7 heteroatoms. The fourth-order valence-electron chi connectivity index (χ4n) is 5.42. The van der Waals surface area contributed by atoms with E-state index in [-0.39, 0.29) is 17.7 Å². The summed E-state index contributed by atoms with van der Waals surface area (Å²) < 4.78 is 5.95. The number of piperidine rings is 1. The van der Waals surface area contributed by atoms with E-state index in [1.54, 1.807) is 4.90 Å². The number of rotatable bonds is 3. The predicted octanol–water partition coefficient (Wildman–Crippen LogP) is 2.92. The zero-order valence-electron chi connectivity index (χ0n) is 19.7. The zero-order valence-corrected chi connectivity index (χ0v) is 19.7. The van der Waals surface area contributed by atoms with Gasteiger partial charge in [-0.05, 0) is 50.2 Å². The molecule has 2 saturated heterocycles. The number of ether oxygens (including phenoxy) is 1. The Labute approximate surface area is 196 Å². The van der Waals surface area contributed by atoms with Crippen molar-refractivity contribution in [2.75, 3.05) is 39.3 Å². The molecule has 0 saturated carbocycles. The van der Waals surface area contributed by atoms with E-state index in [1.807, 2.05) is 17.0 Å². The van der Waals surface area contributed by atoms with Crippen molar-refractivity contribution in [3.8, 4) is 5.75 Å². The first-order chi connectivity index (χ1) is 16.1. The molecule has 3 aliphatic heterocycles. The molecule has 0 unspecified atom stereocenters. The Morgan fingerprint density at radius 1 is 0.970 bits per heavy atom. The molecule has 0 aliphatic carbocycles. The molecule has 180 valence electrons. The Morgan fingerprint density at radius 2 is 1.79 bits per heavy atom. The molecule has 2 fully saturated rings. The summed E-state index contributed by atoms with van der Waals surface area (Å²) in [6.07, 6.45) is 8.32. The number of para-hydroxylation sites is 1. The van der Waals surface area contributed by atoms with Gasteiger partial charge in [0.15, 0.2) is 0 Å². The van der Waals surface area contributed by atoms with Crippen LogP contribution in [0.2, 0.25) is 0 Å².